The predicted molar refractivity (Wildman–Crippen MR) is 72.7 cm³/mol. The molecule has 0 radical (unpaired) electrons. The maximum absolute atomic E-state index is 6.29. The molecule has 2 aromatic rings. The molecule has 0 fully saturated rings. The van der Waals surface area contributed by atoms with E-state index in [4.69, 9.17) is 34.8 Å². The highest BCUT2D eigenvalue weighted by atomic mass is 35.5. The molecule has 90 valence electrons. The molecule has 2 rings (SSSR count). The summed E-state index contributed by atoms with van der Waals surface area (Å²) in [5.41, 5.74) is 2.80. The Hall–Kier alpha value is -0.700. The Morgan fingerprint density at radius 1 is 1.18 bits per heavy atom. The molecule has 0 saturated carbocycles. The first kappa shape index (κ1) is 12.7. The number of halogens is 3. The summed E-state index contributed by atoms with van der Waals surface area (Å²) in [4.78, 5) is 0. The number of hydrogen-bond donors (Lipinski definition) is 0. The zero-order valence-electron chi connectivity index (χ0n) is 9.25. The fraction of sp³-hybridized carbons (Fsp3) is 0.250. The maximum Gasteiger partial charge on any atom is 0.136 e. The van der Waals surface area contributed by atoms with Gasteiger partial charge in [0.15, 0.2) is 0 Å². The minimum absolute atomic E-state index is 0.535. The predicted octanol–water partition coefficient (Wildman–Crippen LogP) is 4.27. The van der Waals surface area contributed by atoms with Gasteiger partial charge in [-0.15, -0.1) is 11.6 Å². The second-order valence-corrected chi connectivity index (χ2v) is 4.85. The highest BCUT2D eigenvalue weighted by molar-refractivity contribution is 6.31. The minimum Gasteiger partial charge on any atom is -0.222 e. The zero-order chi connectivity index (χ0) is 12.4. The van der Waals surface area contributed by atoms with E-state index in [0.717, 1.165) is 23.4 Å². The number of benzene rings is 1. The minimum atomic E-state index is 0.535. The lowest BCUT2D eigenvalue weighted by Gasteiger charge is -2.03. The third kappa shape index (κ3) is 2.59. The van der Waals surface area contributed by atoms with Crippen molar-refractivity contribution in [1.29, 1.82) is 0 Å². The van der Waals surface area contributed by atoms with Gasteiger partial charge in [-0.3, -0.25) is 0 Å². The van der Waals surface area contributed by atoms with Gasteiger partial charge in [-0.25, -0.2) is 4.68 Å². The molecule has 0 bridgehead atoms. The fourth-order valence-corrected chi connectivity index (χ4v) is 2.34. The van der Waals surface area contributed by atoms with E-state index in [1.807, 2.05) is 31.2 Å². The SMILES string of the molecule is Cc1nn(-c2ccc(Cl)cc2)c(Cl)c1CCCl. The molecule has 0 aliphatic carbocycles. The van der Waals surface area contributed by atoms with Crippen LogP contribution in [0.1, 0.15) is 11.3 Å². The molecular weight excluding hydrogens is 279 g/mol. The molecule has 0 atom stereocenters. The largest absolute Gasteiger partial charge is 0.222 e. The van der Waals surface area contributed by atoms with E-state index in [0.29, 0.717) is 16.1 Å². The Labute approximate surface area is 115 Å². The van der Waals surface area contributed by atoms with Crippen LogP contribution in [0.4, 0.5) is 0 Å². The Morgan fingerprint density at radius 2 is 1.82 bits per heavy atom. The molecule has 17 heavy (non-hydrogen) atoms. The Kier molecular flexibility index (Phi) is 3.97. The highest BCUT2D eigenvalue weighted by Gasteiger charge is 2.13. The summed E-state index contributed by atoms with van der Waals surface area (Å²) >= 11 is 17.9. The van der Waals surface area contributed by atoms with Gasteiger partial charge in [-0.1, -0.05) is 23.2 Å². The van der Waals surface area contributed by atoms with Crippen LogP contribution in [-0.4, -0.2) is 15.7 Å². The molecule has 5 heteroatoms. The van der Waals surface area contributed by atoms with Gasteiger partial charge in [0.1, 0.15) is 5.15 Å². The van der Waals surface area contributed by atoms with Crippen molar-refractivity contribution >= 4 is 34.8 Å². The number of aryl methyl sites for hydroxylation is 1. The quantitative estimate of drug-likeness (QED) is 0.772. The highest BCUT2D eigenvalue weighted by Crippen LogP contribution is 2.24. The second-order valence-electron chi connectivity index (χ2n) is 3.68. The summed E-state index contributed by atoms with van der Waals surface area (Å²) in [5, 5.41) is 5.72. The van der Waals surface area contributed by atoms with Crippen molar-refractivity contribution < 1.29 is 0 Å². The van der Waals surface area contributed by atoms with Crippen LogP contribution in [0.25, 0.3) is 5.69 Å². The van der Waals surface area contributed by atoms with Crippen LogP contribution < -0.4 is 0 Å². The third-order valence-electron chi connectivity index (χ3n) is 2.54. The molecule has 0 saturated heterocycles. The van der Waals surface area contributed by atoms with Crippen LogP contribution in [0, 0.1) is 6.92 Å². The molecule has 0 N–H and O–H groups in total. The molecule has 0 aliphatic heterocycles. The van der Waals surface area contributed by atoms with E-state index < -0.39 is 0 Å². The van der Waals surface area contributed by atoms with Crippen molar-refractivity contribution in [3.63, 3.8) is 0 Å². The monoisotopic (exact) mass is 288 g/mol. The Morgan fingerprint density at radius 3 is 2.41 bits per heavy atom. The Bertz CT molecular complexity index is 517. The van der Waals surface area contributed by atoms with Gasteiger partial charge in [0.05, 0.1) is 11.4 Å². The standard InChI is InChI=1S/C12H11Cl3N2/c1-8-11(6-7-13)12(15)17(16-8)10-4-2-9(14)3-5-10/h2-5H,6-7H2,1H3. The number of hydrogen-bond acceptors (Lipinski definition) is 1. The lowest BCUT2D eigenvalue weighted by molar-refractivity contribution is 0.863. The molecule has 0 unspecified atom stereocenters. The van der Waals surface area contributed by atoms with E-state index in [2.05, 4.69) is 5.10 Å². The van der Waals surface area contributed by atoms with E-state index >= 15 is 0 Å². The van der Waals surface area contributed by atoms with Crippen molar-refractivity contribution in [2.45, 2.75) is 13.3 Å². The van der Waals surface area contributed by atoms with Gasteiger partial charge in [0.25, 0.3) is 0 Å². The van der Waals surface area contributed by atoms with Crippen LogP contribution in [0.3, 0.4) is 0 Å². The van der Waals surface area contributed by atoms with Crippen molar-refractivity contribution in [3.05, 3.63) is 45.7 Å². The molecule has 1 aromatic carbocycles. The topological polar surface area (TPSA) is 17.8 Å². The van der Waals surface area contributed by atoms with Crippen molar-refractivity contribution in [2.75, 3.05) is 5.88 Å². The fourth-order valence-electron chi connectivity index (χ4n) is 1.66. The van der Waals surface area contributed by atoms with Crippen LogP contribution in [0.5, 0.6) is 0 Å². The average Bonchev–Trinajstić information content (AvgIpc) is 2.59. The van der Waals surface area contributed by atoms with Crippen LogP contribution >= 0.6 is 34.8 Å². The van der Waals surface area contributed by atoms with E-state index in [-0.39, 0.29) is 0 Å². The first-order valence-corrected chi connectivity index (χ1v) is 6.48. The van der Waals surface area contributed by atoms with Gasteiger partial charge in [-0.05, 0) is 37.6 Å². The van der Waals surface area contributed by atoms with Gasteiger partial charge in [0, 0.05) is 16.5 Å². The molecular formula is C12H11Cl3N2. The summed E-state index contributed by atoms with van der Waals surface area (Å²) in [7, 11) is 0. The molecule has 0 spiro atoms. The summed E-state index contributed by atoms with van der Waals surface area (Å²) in [6.07, 6.45) is 0.722. The van der Waals surface area contributed by atoms with Crippen molar-refractivity contribution in [1.82, 2.24) is 9.78 Å². The second kappa shape index (κ2) is 5.30. The van der Waals surface area contributed by atoms with E-state index in [1.165, 1.54) is 0 Å². The smallest absolute Gasteiger partial charge is 0.136 e. The Balaban J connectivity index is 2.46. The van der Waals surface area contributed by atoms with Crippen LogP contribution in [-0.2, 0) is 6.42 Å². The lowest BCUT2D eigenvalue weighted by atomic mass is 10.2. The van der Waals surface area contributed by atoms with E-state index in [9.17, 15) is 0 Å². The molecule has 2 nitrogen and oxygen atoms in total. The van der Waals surface area contributed by atoms with Gasteiger partial charge in [0.2, 0.25) is 0 Å². The number of rotatable bonds is 3. The zero-order valence-corrected chi connectivity index (χ0v) is 11.5. The van der Waals surface area contributed by atoms with Crippen molar-refractivity contribution in [2.24, 2.45) is 0 Å². The van der Waals surface area contributed by atoms with Crippen molar-refractivity contribution in [3.8, 4) is 5.69 Å². The first-order chi connectivity index (χ1) is 8.13. The summed E-state index contributed by atoms with van der Waals surface area (Å²) in [6, 6.07) is 7.38. The molecule has 0 amide bonds. The van der Waals surface area contributed by atoms with Gasteiger partial charge in [-0.2, -0.15) is 5.10 Å². The maximum atomic E-state index is 6.29. The summed E-state index contributed by atoms with van der Waals surface area (Å²) in [6.45, 7) is 1.93. The lowest BCUT2D eigenvalue weighted by Crippen LogP contribution is -1.96. The number of aromatic nitrogens is 2. The van der Waals surface area contributed by atoms with Gasteiger partial charge < -0.3 is 0 Å². The summed E-state index contributed by atoms with van der Waals surface area (Å²) < 4.78 is 1.70. The first-order valence-electron chi connectivity index (χ1n) is 5.19. The molecule has 0 aliphatic rings. The number of alkyl halides is 1. The molecule has 1 heterocycles. The normalized spacial score (nSPS) is 10.8. The van der Waals surface area contributed by atoms with Gasteiger partial charge >= 0.3 is 0 Å². The number of nitrogens with zero attached hydrogens (tertiary/aromatic N) is 2. The summed E-state index contributed by atoms with van der Waals surface area (Å²) in [5.74, 6) is 0.535. The van der Waals surface area contributed by atoms with E-state index in [1.54, 1.807) is 4.68 Å². The van der Waals surface area contributed by atoms with Crippen LogP contribution in [0.15, 0.2) is 24.3 Å². The molecule has 1 aromatic heterocycles. The van der Waals surface area contributed by atoms with Crippen LogP contribution in [0.2, 0.25) is 10.2 Å². The average molecular weight is 290 g/mol. The third-order valence-corrected chi connectivity index (χ3v) is 3.37.